The number of para-hydroxylation sites is 1. The molecule has 23 heavy (non-hydrogen) atoms. The highest BCUT2D eigenvalue weighted by Crippen LogP contribution is 2.34. The SMILES string of the molecule is COCCN1C(=O)/C(=C\c2cccs2)SC1=Nc1ccccc1. The van der Waals surface area contributed by atoms with Crippen LogP contribution in [-0.2, 0) is 9.53 Å². The average molecular weight is 344 g/mol. The Balaban J connectivity index is 1.90. The molecule has 1 aliphatic heterocycles. The molecule has 4 nitrogen and oxygen atoms in total. The number of hydrogen-bond donors (Lipinski definition) is 0. The summed E-state index contributed by atoms with van der Waals surface area (Å²) in [5.74, 6) is -0.0184. The van der Waals surface area contributed by atoms with Gasteiger partial charge >= 0.3 is 0 Å². The maximum atomic E-state index is 12.6. The van der Waals surface area contributed by atoms with Gasteiger partial charge in [-0.1, -0.05) is 24.3 Å². The smallest absolute Gasteiger partial charge is 0.266 e. The summed E-state index contributed by atoms with van der Waals surface area (Å²) in [5.41, 5.74) is 0.836. The summed E-state index contributed by atoms with van der Waals surface area (Å²) in [4.78, 5) is 20.7. The maximum Gasteiger partial charge on any atom is 0.266 e. The Morgan fingerprint density at radius 3 is 2.74 bits per heavy atom. The molecule has 0 bridgehead atoms. The monoisotopic (exact) mass is 344 g/mol. The van der Waals surface area contributed by atoms with Crippen LogP contribution in [0.5, 0.6) is 0 Å². The summed E-state index contributed by atoms with van der Waals surface area (Å²) in [6.45, 7) is 0.974. The van der Waals surface area contributed by atoms with Gasteiger partial charge < -0.3 is 4.74 Å². The van der Waals surface area contributed by atoms with E-state index in [1.807, 2.05) is 53.9 Å². The summed E-state index contributed by atoms with van der Waals surface area (Å²) in [5, 5.41) is 2.69. The lowest BCUT2D eigenvalue weighted by molar-refractivity contribution is -0.122. The number of ether oxygens (including phenoxy) is 1. The number of amides is 1. The molecule has 2 heterocycles. The Morgan fingerprint density at radius 2 is 2.04 bits per heavy atom. The third-order valence-corrected chi connectivity index (χ3v) is 5.03. The number of carbonyl (C=O) groups is 1. The number of thioether (sulfide) groups is 1. The van der Waals surface area contributed by atoms with Gasteiger partial charge in [0.1, 0.15) is 0 Å². The first kappa shape index (κ1) is 16.0. The van der Waals surface area contributed by atoms with Gasteiger partial charge in [0.05, 0.1) is 23.7 Å². The number of rotatable bonds is 5. The lowest BCUT2D eigenvalue weighted by Gasteiger charge is -2.14. The Kier molecular flexibility index (Phi) is 5.27. The lowest BCUT2D eigenvalue weighted by Crippen LogP contribution is -2.32. The Hall–Kier alpha value is -1.89. The Morgan fingerprint density at radius 1 is 1.22 bits per heavy atom. The summed E-state index contributed by atoms with van der Waals surface area (Å²) in [7, 11) is 1.63. The van der Waals surface area contributed by atoms with Crippen LogP contribution in [0.25, 0.3) is 6.08 Å². The Bertz CT molecular complexity index is 724. The van der Waals surface area contributed by atoms with Crippen molar-refractivity contribution in [2.45, 2.75) is 0 Å². The van der Waals surface area contributed by atoms with Gasteiger partial charge in [-0.25, -0.2) is 4.99 Å². The van der Waals surface area contributed by atoms with E-state index in [-0.39, 0.29) is 5.91 Å². The molecule has 1 aliphatic rings. The van der Waals surface area contributed by atoms with E-state index >= 15 is 0 Å². The fourth-order valence-corrected chi connectivity index (χ4v) is 3.83. The second-order valence-corrected chi connectivity index (χ2v) is 6.79. The molecular weight excluding hydrogens is 328 g/mol. The van der Waals surface area contributed by atoms with E-state index in [4.69, 9.17) is 4.74 Å². The highest BCUT2D eigenvalue weighted by molar-refractivity contribution is 8.18. The van der Waals surface area contributed by atoms with Crippen LogP contribution in [0.2, 0.25) is 0 Å². The van der Waals surface area contributed by atoms with Gasteiger partial charge in [-0.2, -0.15) is 0 Å². The van der Waals surface area contributed by atoms with Crippen molar-refractivity contribution < 1.29 is 9.53 Å². The van der Waals surface area contributed by atoms with E-state index < -0.39 is 0 Å². The molecule has 0 aliphatic carbocycles. The molecule has 1 fully saturated rings. The molecule has 1 aromatic carbocycles. The predicted octanol–water partition coefficient (Wildman–Crippen LogP) is 4.00. The van der Waals surface area contributed by atoms with E-state index in [1.165, 1.54) is 11.8 Å². The fourth-order valence-electron chi connectivity index (χ4n) is 2.09. The number of nitrogens with zero attached hydrogens (tertiary/aromatic N) is 2. The lowest BCUT2D eigenvalue weighted by atomic mass is 10.3. The molecule has 1 saturated heterocycles. The van der Waals surface area contributed by atoms with Crippen molar-refractivity contribution in [1.29, 1.82) is 0 Å². The number of hydrogen-bond acceptors (Lipinski definition) is 5. The van der Waals surface area contributed by atoms with Crippen LogP contribution in [0, 0.1) is 0 Å². The Labute approximate surface area is 143 Å². The van der Waals surface area contributed by atoms with Crippen molar-refractivity contribution in [1.82, 2.24) is 4.90 Å². The first-order chi connectivity index (χ1) is 11.3. The number of aliphatic imine (C=N–C) groups is 1. The first-order valence-corrected chi connectivity index (χ1v) is 8.85. The fraction of sp³-hybridized carbons (Fsp3) is 0.176. The minimum Gasteiger partial charge on any atom is -0.383 e. The van der Waals surface area contributed by atoms with Crippen molar-refractivity contribution in [3.63, 3.8) is 0 Å². The number of methoxy groups -OCH3 is 1. The molecule has 0 atom stereocenters. The van der Waals surface area contributed by atoms with Gasteiger partial charge in [0.15, 0.2) is 5.17 Å². The van der Waals surface area contributed by atoms with Crippen LogP contribution in [0.1, 0.15) is 4.88 Å². The largest absolute Gasteiger partial charge is 0.383 e. The van der Waals surface area contributed by atoms with E-state index in [1.54, 1.807) is 23.3 Å². The van der Waals surface area contributed by atoms with Crippen LogP contribution in [0.4, 0.5) is 5.69 Å². The molecule has 1 aromatic heterocycles. The molecule has 0 saturated carbocycles. The van der Waals surface area contributed by atoms with Crippen molar-refractivity contribution in [2.75, 3.05) is 20.3 Å². The summed E-state index contributed by atoms with van der Waals surface area (Å²) >= 11 is 3.02. The quantitative estimate of drug-likeness (QED) is 0.770. The second-order valence-electron chi connectivity index (χ2n) is 4.81. The number of benzene rings is 1. The summed E-state index contributed by atoms with van der Waals surface area (Å²) in [6.07, 6.45) is 1.92. The van der Waals surface area contributed by atoms with E-state index in [2.05, 4.69) is 4.99 Å². The van der Waals surface area contributed by atoms with Crippen molar-refractivity contribution in [2.24, 2.45) is 4.99 Å². The zero-order chi connectivity index (χ0) is 16.1. The van der Waals surface area contributed by atoms with Gasteiger partial charge in [0.2, 0.25) is 0 Å². The van der Waals surface area contributed by atoms with E-state index in [9.17, 15) is 4.79 Å². The minimum atomic E-state index is -0.0184. The van der Waals surface area contributed by atoms with E-state index in [0.717, 1.165) is 10.6 Å². The third kappa shape index (κ3) is 3.90. The standard InChI is InChI=1S/C17H16N2O2S2/c1-21-10-9-19-16(20)15(12-14-8-5-11-22-14)23-17(19)18-13-6-3-2-4-7-13/h2-8,11-12H,9-10H2,1H3/b15-12+,18-17?. The number of thiophene rings is 1. The van der Waals surface area contributed by atoms with Gasteiger partial charge in [-0.15, -0.1) is 11.3 Å². The molecule has 0 unspecified atom stereocenters. The first-order valence-electron chi connectivity index (χ1n) is 7.15. The minimum absolute atomic E-state index is 0.0184. The van der Waals surface area contributed by atoms with Crippen molar-refractivity contribution in [3.05, 3.63) is 57.6 Å². The molecule has 1 amide bonds. The number of amidine groups is 1. The van der Waals surface area contributed by atoms with Crippen LogP contribution in [0.3, 0.4) is 0 Å². The predicted molar refractivity (Wildman–Crippen MR) is 97.0 cm³/mol. The molecule has 0 radical (unpaired) electrons. The highest BCUT2D eigenvalue weighted by atomic mass is 32.2. The van der Waals surface area contributed by atoms with Gasteiger partial charge in [-0.05, 0) is 41.4 Å². The van der Waals surface area contributed by atoms with Gasteiger partial charge in [0.25, 0.3) is 5.91 Å². The van der Waals surface area contributed by atoms with Crippen LogP contribution in [-0.4, -0.2) is 36.2 Å². The molecule has 0 spiro atoms. The second kappa shape index (κ2) is 7.59. The normalized spacial score (nSPS) is 18.3. The van der Waals surface area contributed by atoms with Crippen molar-refractivity contribution in [3.8, 4) is 0 Å². The van der Waals surface area contributed by atoms with Crippen LogP contribution >= 0.6 is 23.1 Å². The molecular formula is C17H16N2O2S2. The van der Waals surface area contributed by atoms with Crippen molar-refractivity contribution >= 4 is 45.9 Å². The number of carbonyl (C=O) groups excluding carboxylic acids is 1. The van der Waals surface area contributed by atoms with Gasteiger partial charge in [-0.3, -0.25) is 9.69 Å². The molecule has 118 valence electrons. The average Bonchev–Trinajstić information content (AvgIpc) is 3.17. The highest BCUT2D eigenvalue weighted by Gasteiger charge is 2.33. The summed E-state index contributed by atoms with van der Waals surface area (Å²) in [6, 6.07) is 13.6. The topological polar surface area (TPSA) is 41.9 Å². The maximum absolute atomic E-state index is 12.6. The molecule has 0 N–H and O–H groups in total. The third-order valence-electron chi connectivity index (χ3n) is 3.20. The summed E-state index contributed by atoms with van der Waals surface area (Å²) < 4.78 is 5.12. The molecule has 6 heteroatoms. The van der Waals surface area contributed by atoms with Gasteiger partial charge in [0, 0.05) is 12.0 Å². The zero-order valence-electron chi connectivity index (χ0n) is 12.6. The van der Waals surface area contributed by atoms with E-state index in [0.29, 0.717) is 23.2 Å². The van der Waals surface area contributed by atoms with Crippen LogP contribution < -0.4 is 0 Å². The molecule has 3 rings (SSSR count). The van der Waals surface area contributed by atoms with Crippen LogP contribution in [0.15, 0.2) is 57.7 Å². The molecule has 2 aromatic rings. The zero-order valence-corrected chi connectivity index (χ0v) is 14.3.